The summed E-state index contributed by atoms with van der Waals surface area (Å²) in [5, 5.41) is 2.83. The third-order valence-corrected chi connectivity index (χ3v) is 10.6. The lowest BCUT2D eigenvalue weighted by Crippen LogP contribution is -2.47. The van der Waals surface area contributed by atoms with Crippen molar-refractivity contribution in [2.75, 3.05) is 13.2 Å². The normalized spacial score (nSPS) is 14.2. The average molecular weight is 524 g/mol. The molecule has 0 aromatic rings. The number of ketones is 1. The standard InChI is InChI=1S/C28H49NO6Si/c1-12-14-15-16-17-23(30)22(18-19-34-36(10,11)28(7,8)9)25(21(3)20-24(31)33-13-2)29-26(32)35-27(4,5)6/h20,22,25H,12-15,18-19H2,1-11H3,(H,29,32)/b21-20+/t22-,25-/m1/s1. The number of hydrogen-bond acceptors (Lipinski definition) is 6. The molecule has 2 atom stereocenters. The third-order valence-electron chi connectivity index (χ3n) is 6.10. The summed E-state index contributed by atoms with van der Waals surface area (Å²) in [5.74, 6) is 4.16. The van der Waals surface area contributed by atoms with Gasteiger partial charge in [-0.05, 0) is 77.1 Å². The van der Waals surface area contributed by atoms with Gasteiger partial charge in [0.05, 0.1) is 18.6 Å². The van der Waals surface area contributed by atoms with Gasteiger partial charge in [0.25, 0.3) is 0 Å². The number of hydrogen-bond donors (Lipinski definition) is 1. The minimum absolute atomic E-state index is 0.0142. The molecule has 0 fully saturated rings. The van der Waals surface area contributed by atoms with E-state index in [9.17, 15) is 14.4 Å². The fourth-order valence-electron chi connectivity index (χ4n) is 3.04. The monoisotopic (exact) mass is 523 g/mol. The zero-order valence-electron chi connectivity index (χ0n) is 24.4. The number of Topliss-reactive ketones (excluding diaryl/α,β-unsaturated/α-hetero) is 1. The maximum absolute atomic E-state index is 13.3. The molecule has 7 nitrogen and oxygen atoms in total. The number of carbonyl (C=O) groups is 3. The first-order chi connectivity index (χ1) is 16.4. The van der Waals surface area contributed by atoms with Crippen molar-refractivity contribution >= 4 is 26.2 Å². The van der Waals surface area contributed by atoms with Gasteiger partial charge in [-0.15, -0.1) is 0 Å². The molecule has 0 saturated heterocycles. The first-order valence-corrected chi connectivity index (χ1v) is 15.9. The number of esters is 1. The Balaban J connectivity index is 6.19. The molecule has 0 aliphatic carbocycles. The van der Waals surface area contributed by atoms with E-state index in [2.05, 4.69) is 57.9 Å². The van der Waals surface area contributed by atoms with Crippen molar-refractivity contribution in [1.29, 1.82) is 0 Å². The van der Waals surface area contributed by atoms with E-state index in [1.807, 2.05) is 0 Å². The van der Waals surface area contributed by atoms with Crippen LogP contribution in [-0.2, 0) is 23.5 Å². The van der Waals surface area contributed by atoms with E-state index in [4.69, 9.17) is 13.9 Å². The van der Waals surface area contributed by atoms with Crippen LogP contribution in [0.3, 0.4) is 0 Å². The van der Waals surface area contributed by atoms with Crippen molar-refractivity contribution in [3.05, 3.63) is 11.6 Å². The van der Waals surface area contributed by atoms with Gasteiger partial charge in [0.1, 0.15) is 5.60 Å². The van der Waals surface area contributed by atoms with E-state index in [0.29, 0.717) is 25.0 Å². The Hall–Kier alpha value is -2.11. The highest BCUT2D eigenvalue weighted by molar-refractivity contribution is 6.74. The van der Waals surface area contributed by atoms with Crippen LogP contribution in [0.25, 0.3) is 0 Å². The molecule has 0 saturated carbocycles. The number of nitrogens with one attached hydrogen (secondary N) is 1. The topological polar surface area (TPSA) is 90.9 Å². The van der Waals surface area contributed by atoms with E-state index in [1.165, 1.54) is 6.08 Å². The van der Waals surface area contributed by atoms with Crippen LogP contribution in [0.5, 0.6) is 0 Å². The number of unbranched alkanes of at least 4 members (excludes halogenated alkanes) is 2. The molecule has 0 aromatic heterocycles. The van der Waals surface area contributed by atoms with Gasteiger partial charge < -0.3 is 19.2 Å². The van der Waals surface area contributed by atoms with E-state index in [0.717, 1.165) is 12.8 Å². The molecule has 0 aliphatic rings. The lowest BCUT2D eigenvalue weighted by molar-refractivity contribution is -0.137. The molecule has 1 amide bonds. The second kappa shape index (κ2) is 15.2. The fourth-order valence-corrected chi connectivity index (χ4v) is 4.10. The van der Waals surface area contributed by atoms with Gasteiger partial charge in [0.15, 0.2) is 8.32 Å². The van der Waals surface area contributed by atoms with Crippen molar-refractivity contribution in [2.24, 2.45) is 5.92 Å². The summed E-state index contributed by atoms with van der Waals surface area (Å²) in [6.45, 7) is 22.1. The molecule has 0 bridgehead atoms. The van der Waals surface area contributed by atoms with E-state index < -0.39 is 37.9 Å². The van der Waals surface area contributed by atoms with Gasteiger partial charge in [0, 0.05) is 19.1 Å². The lowest BCUT2D eigenvalue weighted by atomic mass is 9.87. The van der Waals surface area contributed by atoms with E-state index in [-0.39, 0.29) is 17.4 Å². The number of rotatable bonds is 12. The van der Waals surface area contributed by atoms with Crippen LogP contribution in [0.4, 0.5) is 4.79 Å². The summed E-state index contributed by atoms with van der Waals surface area (Å²) in [5.41, 5.74) is -0.237. The summed E-state index contributed by atoms with van der Waals surface area (Å²) >= 11 is 0. The van der Waals surface area contributed by atoms with Crippen LogP contribution in [0.15, 0.2) is 11.6 Å². The Labute approximate surface area is 220 Å². The van der Waals surface area contributed by atoms with E-state index >= 15 is 0 Å². The Morgan fingerprint density at radius 1 is 1.06 bits per heavy atom. The molecule has 0 unspecified atom stereocenters. The summed E-state index contributed by atoms with van der Waals surface area (Å²) in [6, 6.07) is -0.805. The molecule has 8 heteroatoms. The smallest absolute Gasteiger partial charge is 0.408 e. The molecule has 0 aromatic carbocycles. The van der Waals surface area contributed by atoms with Crippen LogP contribution in [0.2, 0.25) is 18.1 Å². The molecule has 206 valence electrons. The first kappa shape index (κ1) is 33.9. The highest BCUT2D eigenvalue weighted by Gasteiger charge is 2.38. The zero-order chi connectivity index (χ0) is 28.2. The van der Waals surface area contributed by atoms with Crippen LogP contribution >= 0.6 is 0 Å². The number of ether oxygens (including phenoxy) is 2. The Kier molecular flexibility index (Phi) is 14.3. The molecule has 0 radical (unpaired) electrons. The molecule has 0 spiro atoms. The second-order valence-electron chi connectivity index (χ2n) is 11.5. The van der Waals surface area contributed by atoms with Crippen LogP contribution < -0.4 is 5.32 Å². The minimum Gasteiger partial charge on any atom is -0.463 e. The SMILES string of the molecule is CCCCC#CC(=O)[C@@H](CCO[Si](C)(C)C(C)(C)C)[C@H](NC(=O)OC(C)(C)C)/C(C)=C/C(=O)OCC. The zero-order valence-corrected chi connectivity index (χ0v) is 25.4. The largest absolute Gasteiger partial charge is 0.463 e. The van der Waals surface area contributed by atoms with Crippen LogP contribution in [-0.4, -0.2) is 51.0 Å². The van der Waals surface area contributed by atoms with Gasteiger partial charge in [-0.25, -0.2) is 9.59 Å². The molecule has 0 aliphatic heterocycles. The quantitative estimate of drug-likeness (QED) is 0.0820. The molecule has 1 N–H and O–H groups in total. The van der Waals surface area contributed by atoms with Gasteiger partial charge >= 0.3 is 12.1 Å². The number of amides is 1. The first-order valence-electron chi connectivity index (χ1n) is 13.0. The second-order valence-corrected chi connectivity index (χ2v) is 16.3. The lowest BCUT2D eigenvalue weighted by Gasteiger charge is -2.37. The van der Waals surface area contributed by atoms with Gasteiger partial charge in [0.2, 0.25) is 5.78 Å². The predicted molar refractivity (Wildman–Crippen MR) is 147 cm³/mol. The molecular formula is C28H49NO6Si. The minimum atomic E-state index is -2.05. The highest BCUT2D eigenvalue weighted by atomic mass is 28.4. The van der Waals surface area contributed by atoms with Crippen molar-refractivity contribution in [1.82, 2.24) is 5.32 Å². The predicted octanol–water partition coefficient (Wildman–Crippen LogP) is 6.18. The summed E-state index contributed by atoms with van der Waals surface area (Å²) in [4.78, 5) is 38.2. The summed E-state index contributed by atoms with van der Waals surface area (Å²) < 4.78 is 16.8. The summed E-state index contributed by atoms with van der Waals surface area (Å²) in [6.07, 6.45) is 3.48. The van der Waals surface area contributed by atoms with Crippen molar-refractivity contribution < 1.29 is 28.3 Å². The van der Waals surface area contributed by atoms with Crippen LogP contribution in [0.1, 0.15) is 88.0 Å². The molecule has 0 rings (SSSR count). The van der Waals surface area contributed by atoms with Gasteiger partial charge in [-0.2, -0.15) is 0 Å². The highest BCUT2D eigenvalue weighted by Crippen LogP contribution is 2.36. The number of carbonyl (C=O) groups excluding carboxylic acids is 3. The van der Waals surface area contributed by atoms with Crippen molar-refractivity contribution in [3.63, 3.8) is 0 Å². The number of alkyl carbamates (subject to hydrolysis) is 1. The van der Waals surface area contributed by atoms with Crippen LogP contribution in [0, 0.1) is 17.8 Å². The van der Waals surface area contributed by atoms with Crippen molar-refractivity contribution in [3.8, 4) is 11.8 Å². The van der Waals surface area contributed by atoms with E-state index in [1.54, 1.807) is 34.6 Å². The Morgan fingerprint density at radius 3 is 2.17 bits per heavy atom. The Bertz CT molecular complexity index is 824. The fraction of sp³-hybridized carbons (Fsp3) is 0.750. The third kappa shape index (κ3) is 13.3. The summed E-state index contributed by atoms with van der Waals surface area (Å²) in [7, 11) is -2.05. The maximum Gasteiger partial charge on any atom is 0.408 e. The van der Waals surface area contributed by atoms with Crippen molar-refractivity contribution in [2.45, 2.75) is 118 Å². The van der Waals surface area contributed by atoms with Gasteiger partial charge in [-0.3, -0.25) is 4.79 Å². The molecule has 36 heavy (non-hydrogen) atoms. The molecule has 0 heterocycles. The Morgan fingerprint density at radius 2 is 1.67 bits per heavy atom. The average Bonchev–Trinajstić information content (AvgIpc) is 2.70. The molecular weight excluding hydrogens is 474 g/mol. The maximum atomic E-state index is 13.3. The van der Waals surface area contributed by atoms with Gasteiger partial charge in [-0.1, -0.05) is 40.0 Å².